The topological polar surface area (TPSA) is 0 Å². The Labute approximate surface area is 357 Å². The molecule has 7 rings (SSSR count). The maximum atomic E-state index is 3.67. The van der Waals surface area contributed by atoms with E-state index in [1.807, 2.05) is 30.3 Å². The number of rotatable bonds is 1. The summed E-state index contributed by atoms with van der Waals surface area (Å²) in [6.45, 7) is 31.2. The van der Waals surface area contributed by atoms with Crippen molar-refractivity contribution in [2.75, 3.05) is 0 Å². The monoisotopic (exact) mass is 816 g/mol. The molecule has 2 aliphatic rings. The van der Waals surface area contributed by atoms with Crippen molar-refractivity contribution in [1.82, 2.24) is 0 Å². The molecule has 0 nitrogen and oxygen atoms in total. The second-order valence-electron chi connectivity index (χ2n) is 18.9. The van der Waals surface area contributed by atoms with E-state index >= 15 is 0 Å². The van der Waals surface area contributed by atoms with Crippen molar-refractivity contribution < 1.29 is 24.2 Å². The van der Waals surface area contributed by atoms with E-state index in [9.17, 15) is 0 Å². The van der Waals surface area contributed by atoms with Gasteiger partial charge in [-0.2, -0.15) is 107 Å². The molecule has 56 heavy (non-hydrogen) atoms. The normalized spacial score (nSPS) is 14.3. The van der Waals surface area contributed by atoms with Crippen molar-refractivity contribution in [3.05, 3.63) is 184 Å². The number of hydrogen-bond donors (Lipinski definition) is 0. The maximum absolute atomic E-state index is 3.67. The summed E-state index contributed by atoms with van der Waals surface area (Å²) < 4.78 is 3.34. The SMILES string of the molecule is CC(C)(C)c1[c-]c2c(cc1)-c1ccc(C(C)(C)C)cc1C2.CC(C)(C)c1cc[c-]cc1.CC(C)(C)c1cc[c-]cc1.CC1=[C-]C(C)C=C1c1ccccc1.[CH2]=[Zr]. The van der Waals surface area contributed by atoms with Gasteiger partial charge in [0.2, 0.25) is 0 Å². The summed E-state index contributed by atoms with van der Waals surface area (Å²) in [7, 11) is 0. The Hall–Kier alpha value is -3.67. The zero-order valence-corrected chi connectivity index (χ0v) is 39.4. The predicted molar refractivity (Wildman–Crippen MR) is 242 cm³/mol. The third-order valence-electron chi connectivity index (χ3n) is 9.98. The van der Waals surface area contributed by atoms with Crippen LogP contribution in [0.15, 0.2) is 121 Å². The molecule has 5 aromatic carbocycles. The van der Waals surface area contributed by atoms with E-state index in [1.165, 1.54) is 85.5 Å². The summed E-state index contributed by atoms with van der Waals surface area (Å²) in [5.41, 5.74) is 15.9. The standard InChI is InChI=1S/C21H25.C13H13.2C10H13.CH2.Zr/c1-20(2,3)16-7-9-18-14(12-16)11-15-13-17(21(4,5)6)8-10-19(15)18;1-10-8-11(2)13(9-10)12-6-4-3-5-7-12;2*1-10(2,3)9-7-5-4-6-8-9;;/h7-10,12H,11H2,1-6H3;3-7,9-10H,1-2H3;2*5-8H,1-3H3;1H2;/q4*-1;;. The zero-order chi connectivity index (χ0) is 41.9. The first kappa shape index (κ1) is 46.7. The fourth-order valence-electron chi connectivity index (χ4n) is 6.57. The van der Waals surface area contributed by atoms with Crippen LogP contribution in [0.1, 0.15) is 136 Å². The van der Waals surface area contributed by atoms with Crippen molar-refractivity contribution in [3.63, 3.8) is 0 Å². The average Bonchev–Trinajstić information content (AvgIpc) is 3.70. The average molecular weight is 818 g/mol. The first-order valence-corrected chi connectivity index (χ1v) is 21.7. The minimum atomic E-state index is 0.167. The first-order valence-electron chi connectivity index (χ1n) is 20.0. The molecule has 0 spiro atoms. The molecule has 2 aliphatic carbocycles. The molecule has 5 aromatic rings. The van der Waals surface area contributed by atoms with Gasteiger partial charge in [0.15, 0.2) is 0 Å². The fraction of sp³-hybridized carbons (Fsp3) is 0.364. The van der Waals surface area contributed by atoms with Crippen LogP contribution in [0.2, 0.25) is 0 Å². The Bertz CT molecular complexity index is 1910. The molecule has 0 saturated carbocycles. The summed E-state index contributed by atoms with van der Waals surface area (Å²) >= 11 is 1.30. The van der Waals surface area contributed by atoms with E-state index < -0.39 is 0 Å². The van der Waals surface area contributed by atoms with E-state index in [0.29, 0.717) is 5.92 Å². The quantitative estimate of drug-likeness (QED) is 0.145. The van der Waals surface area contributed by atoms with Crippen LogP contribution in [0, 0.1) is 30.2 Å². The molecule has 1 unspecified atom stereocenters. The second-order valence-corrected chi connectivity index (χ2v) is 18.9. The molecule has 0 fully saturated rings. The summed E-state index contributed by atoms with van der Waals surface area (Å²) in [6.07, 6.45) is 6.68. The fourth-order valence-corrected chi connectivity index (χ4v) is 6.57. The summed E-state index contributed by atoms with van der Waals surface area (Å²) in [5, 5.41) is 0. The van der Waals surface area contributed by atoms with Crippen LogP contribution in [0.4, 0.5) is 0 Å². The van der Waals surface area contributed by atoms with Crippen LogP contribution >= 0.6 is 0 Å². The van der Waals surface area contributed by atoms with Crippen molar-refractivity contribution in [3.8, 4) is 11.1 Å². The van der Waals surface area contributed by atoms with Gasteiger partial charge in [0.25, 0.3) is 0 Å². The van der Waals surface area contributed by atoms with Crippen molar-refractivity contribution in [2.24, 2.45) is 5.92 Å². The van der Waals surface area contributed by atoms with E-state index in [-0.39, 0.29) is 21.7 Å². The molecule has 0 N–H and O–H groups in total. The van der Waals surface area contributed by atoms with E-state index in [0.717, 1.165) is 6.42 Å². The van der Waals surface area contributed by atoms with Crippen molar-refractivity contribution in [1.29, 1.82) is 0 Å². The third-order valence-corrected chi connectivity index (χ3v) is 9.98. The first-order chi connectivity index (χ1) is 26.1. The molecule has 0 aromatic heterocycles. The Balaban J connectivity index is 0.000000208. The van der Waals surface area contributed by atoms with Gasteiger partial charge >= 0.3 is 28.4 Å². The third kappa shape index (κ3) is 13.8. The molecular formula is C55H66Zr-4. The molecule has 0 aliphatic heterocycles. The van der Waals surface area contributed by atoms with E-state index in [2.05, 4.69) is 210 Å². The summed E-state index contributed by atoms with van der Waals surface area (Å²) in [4.78, 5) is 0. The molecule has 0 bridgehead atoms. The summed E-state index contributed by atoms with van der Waals surface area (Å²) in [5.74, 6) is 0.468. The van der Waals surface area contributed by atoms with Gasteiger partial charge in [0, 0.05) is 0 Å². The summed E-state index contributed by atoms with van der Waals surface area (Å²) in [6, 6.07) is 48.0. The number of benzene rings is 5. The predicted octanol–water partition coefficient (Wildman–Crippen LogP) is 14.7. The Morgan fingerprint density at radius 3 is 1.46 bits per heavy atom. The van der Waals surface area contributed by atoms with E-state index in [1.54, 1.807) is 0 Å². The Morgan fingerprint density at radius 2 is 1.05 bits per heavy atom. The molecule has 1 atom stereocenters. The van der Waals surface area contributed by atoms with Gasteiger partial charge in [0.1, 0.15) is 0 Å². The molecule has 0 heterocycles. The molecule has 1 heteroatoms. The molecule has 0 amide bonds. The zero-order valence-electron chi connectivity index (χ0n) is 37.0. The van der Waals surface area contributed by atoms with Gasteiger partial charge < -0.3 is 0 Å². The Kier molecular flexibility index (Phi) is 16.8. The van der Waals surface area contributed by atoms with Crippen LogP contribution in [0.3, 0.4) is 0 Å². The van der Waals surface area contributed by atoms with Gasteiger partial charge in [-0.1, -0.05) is 157 Å². The van der Waals surface area contributed by atoms with Crippen molar-refractivity contribution in [2.45, 2.75) is 125 Å². The molecular weight excluding hydrogens is 752 g/mol. The number of hydrogen-bond acceptors (Lipinski definition) is 0. The van der Waals surface area contributed by atoms with Crippen LogP contribution < -0.4 is 0 Å². The van der Waals surface area contributed by atoms with Gasteiger partial charge in [-0.15, -0.1) is 16.7 Å². The van der Waals surface area contributed by atoms with Crippen LogP contribution in [-0.4, -0.2) is 4.21 Å². The Morgan fingerprint density at radius 1 is 0.571 bits per heavy atom. The van der Waals surface area contributed by atoms with Gasteiger partial charge in [-0.05, 0) is 39.2 Å². The number of fused-ring (bicyclic) bond motifs is 3. The number of allylic oxidation sites excluding steroid dienone is 4. The van der Waals surface area contributed by atoms with Crippen LogP contribution in [0.5, 0.6) is 0 Å². The second kappa shape index (κ2) is 20.2. The van der Waals surface area contributed by atoms with E-state index in [4.69, 9.17) is 0 Å². The van der Waals surface area contributed by atoms with Crippen molar-refractivity contribution >= 4 is 9.78 Å². The van der Waals surface area contributed by atoms with Gasteiger partial charge in [-0.3, -0.25) is 6.08 Å². The van der Waals surface area contributed by atoms with Gasteiger partial charge in [-0.25, -0.2) is 5.57 Å². The van der Waals surface area contributed by atoms with Gasteiger partial charge in [0.05, 0.1) is 0 Å². The molecule has 294 valence electrons. The minimum absolute atomic E-state index is 0.167. The molecule has 0 radical (unpaired) electrons. The van der Waals surface area contributed by atoms with Crippen LogP contribution in [-0.2, 0) is 52.3 Å². The molecule has 0 saturated heterocycles. The van der Waals surface area contributed by atoms with Crippen LogP contribution in [0.25, 0.3) is 16.7 Å².